The van der Waals surface area contributed by atoms with E-state index in [2.05, 4.69) is 5.32 Å². The second kappa shape index (κ2) is 8.89. The third kappa shape index (κ3) is 5.24. The molecule has 0 radical (unpaired) electrons. The van der Waals surface area contributed by atoms with Crippen LogP contribution in [0.3, 0.4) is 0 Å². The zero-order valence-corrected chi connectivity index (χ0v) is 15.7. The lowest BCUT2D eigenvalue weighted by Crippen LogP contribution is -2.31. The first kappa shape index (κ1) is 19.3. The molecule has 2 rings (SSSR count). The largest absolute Gasteiger partial charge is 0.497 e. The molecule has 0 atom stereocenters. The van der Waals surface area contributed by atoms with Crippen LogP contribution in [0.2, 0.25) is 0 Å². The number of hydrogen-bond donors (Lipinski definition) is 1. The Hall–Kier alpha value is -3.02. The van der Waals surface area contributed by atoms with E-state index >= 15 is 0 Å². The van der Waals surface area contributed by atoms with Crippen LogP contribution in [-0.2, 0) is 9.59 Å². The fourth-order valence-electron chi connectivity index (χ4n) is 2.51. The van der Waals surface area contributed by atoms with E-state index in [4.69, 9.17) is 4.74 Å². The lowest BCUT2D eigenvalue weighted by Gasteiger charge is -2.21. The first-order valence-corrected chi connectivity index (χ1v) is 8.40. The fourth-order valence-corrected chi connectivity index (χ4v) is 2.51. The van der Waals surface area contributed by atoms with Crippen molar-refractivity contribution in [1.29, 1.82) is 0 Å². The lowest BCUT2D eigenvalue weighted by atomic mass is 10.2. The summed E-state index contributed by atoms with van der Waals surface area (Å²) < 4.78 is 5.13. The van der Waals surface area contributed by atoms with Gasteiger partial charge in [0.25, 0.3) is 0 Å². The molecule has 0 bridgehead atoms. The predicted molar refractivity (Wildman–Crippen MR) is 105 cm³/mol. The summed E-state index contributed by atoms with van der Waals surface area (Å²) in [4.78, 5) is 27.7. The summed E-state index contributed by atoms with van der Waals surface area (Å²) in [5.74, 6) is 0.469. The van der Waals surface area contributed by atoms with Gasteiger partial charge < -0.3 is 19.9 Å². The second-order valence-corrected chi connectivity index (χ2v) is 6.11. The van der Waals surface area contributed by atoms with Gasteiger partial charge >= 0.3 is 0 Å². The van der Waals surface area contributed by atoms with Crippen LogP contribution >= 0.6 is 0 Å². The van der Waals surface area contributed by atoms with Gasteiger partial charge in [0.2, 0.25) is 11.8 Å². The van der Waals surface area contributed by atoms with Gasteiger partial charge in [-0.15, -0.1) is 0 Å². The van der Waals surface area contributed by atoms with Crippen molar-refractivity contribution in [2.75, 3.05) is 42.9 Å². The van der Waals surface area contributed by atoms with Crippen molar-refractivity contribution in [3.63, 3.8) is 0 Å². The quantitative estimate of drug-likeness (QED) is 0.829. The second-order valence-electron chi connectivity index (χ2n) is 6.11. The average molecular weight is 355 g/mol. The third-order valence-electron chi connectivity index (χ3n) is 3.99. The van der Waals surface area contributed by atoms with Gasteiger partial charge in [0.1, 0.15) is 5.75 Å². The van der Waals surface area contributed by atoms with E-state index in [1.165, 1.54) is 6.92 Å². The summed E-state index contributed by atoms with van der Waals surface area (Å²) in [7, 11) is 5.51. The molecule has 2 amide bonds. The standard InChI is InChI=1S/C20H25N3O3/c1-15(24)23(18-9-11-19(26-4)12-10-18)14-13-20(25)21-16-5-7-17(8-6-16)22(2)3/h5-12H,13-14H2,1-4H3,(H,21,25). The van der Waals surface area contributed by atoms with Crippen LogP contribution in [0.15, 0.2) is 48.5 Å². The molecule has 0 unspecified atom stereocenters. The van der Waals surface area contributed by atoms with E-state index < -0.39 is 0 Å². The highest BCUT2D eigenvalue weighted by molar-refractivity contribution is 5.94. The Balaban J connectivity index is 1.95. The van der Waals surface area contributed by atoms with Gasteiger partial charge in [-0.05, 0) is 48.5 Å². The smallest absolute Gasteiger partial charge is 0.226 e. The van der Waals surface area contributed by atoms with Crippen LogP contribution in [0.1, 0.15) is 13.3 Å². The Morgan fingerprint density at radius 2 is 1.54 bits per heavy atom. The van der Waals surface area contributed by atoms with Crippen LogP contribution in [-0.4, -0.2) is 39.6 Å². The Kier molecular flexibility index (Phi) is 6.60. The van der Waals surface area contributed by atoms with E-state index in [-0.39, 0.29) is 18.2 Å². The molecule has 0 spiro atoms. The van der Waals surface area contributed by atoms with Crippen LogP contribution < -0.4 is 19.9 Å². The summed E-state index contributed by atoms with van der Waals surface area (Å²) in [5, 5.41) is 2.86. The van der Waals surface area contributed by atoms with Crippen LogP contribution in [0.5, 0.6) is 5.75 Å². The van der Waals surface area contributed by atoms with Crippen LogP contribution in [0.25, 0.3) is 0 Å². The molecular weight excluding hydrogens is 330 g/mol. The van der Waals surface area contributed by atoms with Crippen molar-refractivity contribution in [2.24, 2.45) is 0 Å². The van der Waals surface area contributed by atoms with E-state index in [0.29, 0.717) is 6.54 Å². The SMILES string of the molecule is COc1ccc(N(CCC(=O)Nc2ccc(N(C)C)cc2)C(C)=O)cc1. The van der Waals surface area contributed by atoms with E-state index in [1.807, 2.05) is 43.3 Å². The van der Waals surface area contributed by atoms with Gasteiger partial charge in [0.05, 0.1) is 7.11 Å². The molecule has 26 heavy (non-hydrogen) atoms. The first-order valence-electron chi connectivity index (χ1n) is 8.40. The molecule has 0 aromatic heterocycles. The summed E-state index contributed by atoms with van der Waals surface area (Å²) in [6, 6.07) is 14.8. The summed E-state index contributed by atoms with van der Waals surface area (Å²) in [6.45, 7) is 1.80. The van der Waals surface area contributed by atoms with Gasteiger partial charge in [-0.2, -0.15) is 0 Å². The predicted octanol–water partition coefficient (Wildman–Crippen LogP) is 3.14. The van der Waals surface area contributed by atoms with E-state index in [9.17, 15) is 9.59 Å². The minimum atomic E-state index is -0.137. The average Bonchev–Trinajstić information content (AvgIpc) is 2.62. The van der Waals surface area contributed by atoms with Gasteiger partial charge in [0.15, 0.2) is 0 Å². The topological polar surface area (TPSA) is 61.9 Å². The zero-order valence-electron chi connectivity index (χ0n) is 15.7. The maximum Gasteiger partial charge on any atom is 0.226 e. The van der Waals surface area contributed by atoms with Crippen molar-refractivity contribution in [1.82, 2.24) is 0 Å². The Morgan fingerprint density at radius 1 is 0.962 bits per heavy atom. The number of nitrogens with zero attached hydrogens (tertiary/aromatic N) is 2. The maximum absolute atomic E-state index is 12.2. The molecule has 138 valence electrons. The molecule has 0 saturated carbocycles. The Bertz CT molecular complexity index is 740. The molecule has 0 aliphatic carbocycles. The van der Waals surface area contributed by atoms with Crippen molar-refractivity contribution in [3.05, 3.63) is 48.5 Å². The Labute approximate surface area is 154 Å². The van der Waals surface area contributed by atoms with Crippen LogP contribution in [0, 0.1) is 0 Å². The number of ether oxygens (including phenoxy) is 1. The van der Waals surface area contributed by atoms with Crippen molar-refractivity contribution in [3.8, 4) is 5.75 Å². The molecule has 2 aromatic carbocycles. The van der Waals surface area contributed by atoms with Crippen molar-refractivity contribution in [2.45, 2.75) is 13.3 Å². The normalized spacial score (nSPS) is 10.2. The van der Waals surface area contributed by atoms with Crippen molar-refractivity contribution >= 4 is 28.9 Å². The molecule has 0 fully saturated rings. The molecule has 1 N–H and O–H groups in total. The fraction of sp³-hybridized carbons (Fsp3) is 0.300. The van der Waals surface area contributed by atoms with Gasteiger partial charge in [-0.1, -0.05) is 0 Å². The minimum Gasteiger partial charge on any atom is -0.497 e. The third-order valence-corrected chi connectivity index (χ3v) is 3.99. The molecule has 2 aromatic rings. The molecular formula is C20H25N3O3. The summed E-state index contributed by atoms with van der Waals surface area (Å²) >= 11 is 0. The molecule has 0 heterocycles. The molecule has 6 heteroatoms. The monoisotopic (exact) mass is 355 g/mol. The summed E-state index contributed by atoms with van der Waals surface area (Å²) in [6.07, 6.45) is 0.209. The number of anilines is 3. The lowest BCUT2D eigenvalue weighted by molar-refractivity contribution is -0.117. The van der Waals surface area contributed by atoms with Gasteiger partial charge in [0, 0.05) is 51.0 Å². The van der Waals surface area contributed by atoms with Gasteiger partial charge in [-0.3, -0.25) is 9.59 Å². The number of amides is 2. The first-order chi connectivity index (χ1) is 12.4. The molecule has 0 aliphatic rings. The highest BCUT2D eigenvalue weighted by Crippen LogP contribution is 2.20. The molecule has 6 nitrogen and oxygen atoms in total. The van der Waals surface area contributed by atoms with Crippen molar-refractivity contribution < 1.29 is 14.3 Å². The number of hydrogen-bond acceptors (Lipinski definition) is 4. The number of benzene rings is 2. The number of carbonyl (C=O) groups excluding carboxylic acids is 2. The zero-order chi connectivity index (χ0) is 19.1. The number of rotatable bonds is 7. The molecule has 0 saturated heterocycles. The Morgan fingerprint density at radius 3 is 2.04 bits per heavy atom. The maximum atomic E-state index is 12.2. The molecule has 0 aliphatic heterocycles. The minimum absolute atomic E-state index is 0.113. The van der Waals surface area contributed by atoms with Gasteiger partial charge in [-0.25, -0.2) is 0 Å². The van der Waals surface area contributed by atoms with Crippen LogP contribution in [0.4, 0.5) is 17.1 Å². The number of methoxy groups -OCH3 is 1. The van der Waals surface area contributed by atoms with E-state index in [0.717, 1.165) is 22.8 Å². The number of carbonyl (C=O) groups is 2. The summed E-state index contributed by atoms with van der Waals surface area (Å²) in [5.41, 5.74) is 2.53. The number of nitrogens with one attached hydrogen (secondary N) is 1. The highest BCUT2D eigenvalue weighted by Gasteiger charge is 2.14. The highest BCUT2D eigenvalue weighted by atomic mass is 16.5. The van der Waals surface area contributed by atoms with E-state index in [1.54, 1.807) is 36.3 Å².